The Hall–Kier alpha value is -1.83. The Morgan fingerprint density at radius 3 is 2.09 bits per heavy atom. The first-order valence-corrected chi connectivity index (χ1v) is 6.59. The standard InChI is InChI=1S/C14H8BrF5O2/c1-21-12-6-8(2-3-9(12)15)22-13-10(16)4-7(5-11(13)17)14(18,19)20/h2-6H,1H3. The second-order valence-corrected chi connectivity index (χ2v) is 5.02. The first-order valence-electron chi connectivity index (χ1n) is 5.80. The molecule has 2 rings (SSSR count). The first-order chi connectivity index (χ1) is 10.2. The van der Waals surface area contributed by atoms with Gasteiger partial charge in [0.2, 0.25) is 0 Å². The molecule has 2 nitrogen and oxygen atoms in total. The highest BCUT2D eigenvalue weighted by Crippen LogP contribution is 2.37. The summed E-state index contributed by atoms with van der Waals surface area (Å²) in [5.74, 6) is -3.47. The van der Waals surface area contributed by atoms with Gasteiger partial charge in [0.1, 0.15) is 11.5 Å². The molecule has 2 aromatic rings. The van der Waals surface area contributed by atoms with Crippen LogP contribution < -0.4 is 9.47 Å². The van der Waals surface area contributed by atoms with Crippen LogP contribution in [-0.2, 0) is 6.18 Å². The van der Waals surface area contributed by atoms with E-state index in [0.29, 0.717) is 10.2 Å². The summed E-state index contributed by atoms with van der Waals surface area (Å²) in [6, 6.07) is 4.57. The van der Waals surface area contributed by atoms with E-state index in [1.807, 2.05) is 0 Å². The van der Waals surface area contributed by atoms with Crippen molar-refractivity contribution < 1.29 is 31.4 Å². The molecule has 0 heterocycles. The van der Waals surface area contributed by atoms with Crippen LogP contribution in [0.15, 0.2) is 34.8 Å². The van der Waals surface area contributed by atoms with Crippen molar-refractivity contribution in [3.8, 4) is 17.2 Å². The van der Waals surface area contributed by atoms with E-state index in [4.69, 9.17) is 9.47 Å². The van der Waals surface area contributed by atoms with Crippen molar-refractivity contribution in [1.29, 1.82) is 0 Å². The maximum atomic E-state index is 13.7. The smallest absolute Gasteiger partial charge is 0.416 e. The zero-order chi connectivity index (χ0) is 16.5. The van der Waals surface area contributed by atoms with E-state index in [2.05, 4.69) is 15.9 Å². The normalized spacial score (nSPS) is 11.4. The number of alkyl halides is 3. The molecule has 0 aliphatic carbocycles. The number of halogens is 6. The summed E-state index contributed by atoms with van der Waals surface area (Å²) >= 11 is 3.18. The largest absolute Gasteiger partial charge is 0.495 e. The summed E-state index contributed by atoms with van der Waals surface area (Å²) in [6.07, 6.45) is -4.85. The summed E-state index contributed by atoms with van der Waals surface area (Å²) in [4.78, 5) is 0. The number of hydrogen-bond acceptors (Lipinski definition) is 2. The average Bonchev–Trinajstić information content (AvgIpc) is 2.43. The molecule has 0 aromatic heterocycles. The van der Waals surface area contributed by atoms with Crippen molar-refractivity contribution in [2.45, 2.75) is 6.18 Å². The van der Waals surface area contributed by atoms with Crippen molar-refractivity contribution in [3.05, 3.63) is 52.0 Å². The van der Waals surface area contributed by atoms with Gasteiger partial charge in [0.05, 0.1) is 17.1 Å². The molecule has 0 saturated heterocycles. The van der Waals surface area contributed by atoms with E-state index < -0.39 is 29.1 Å². The molecule has 0 saturated carbocycles. The summed E-state index contributed by atoms with van der Waals surface area (Å²) in [5.41, 5.74) is -1.43. The molecule has 0 spiro atoms. The van der Waals surface area contributed by atoms with Gasteiger partial charge in [-0.1, -0.05) is 0 Å². The third-order valence-corrected chi connectivity index (χ3v) is 3.32. The van der Waals surface area contributed by atoms with Gasteiger partial charge >= 0.3 is 6.18 Å². The number of methoxy groups -OCH3 is 1. The quantitative estimate of drug-likeness (QED) is 0.648. The van der Waals surface area contributed by atoms with Gasteiger partial charge in [-0.2, -0.15) is 13.2 Å². The molecule has 0 N–H and O–H groups in total. The molecule has 0 fully saturated rings. The van der Waals surface area contributed by atoms with Crippen LogP contribution in [0.1, 0.15) is 5.56 Å². The second kappa shape index (κ2) is 6.12. The van der Waals surface area contributed by atoms with Gasteiger partial charge < -0.3 is 9.47 Å². The lowest BCUT2D eigenvalue weighted by Gasteiger charge is -2.12. The van der Waals surface area contributed by atoms with Gasteiger partial charge in [-0.15, -0.1) is 0 Å². The average molecular weight is 383 g/mol. The van der Waals surface area contributed by atoms with E-state index in [-0.39, 0.29) is 17.9 Å². The van der Waals surface area contributed by atoms with Crippen molar-refractivity contribution in [2.24, 2.45) is 0 Å². The Morgan fingerprint density at radius 2 is 1.59 bits per heavy atom. The van der Waals surface area contributed by atoms with Crippen LogP contribution in [0, 0.1) is 11.6 Å². The van der Waals surface area contributed by atoms with Crippen molar-refractivity contribution in [2.75, 3.05) is 7.11 Å². The SMILES string of the molecule is COc1cc(Oc2c(F)cc(C(F)(F)F)cc2F)ccc1Br. The van der Waals surface area contributed by atoms with Gasteiger partial charge in [-0.3, -0.25) is 0 Å². The monoisotopic (exact) mass is 382 g/mol. The van der Waals surface area contributed by atoms with Crippen LogP contribution >= 0.6 is 15.9 Å². The molecule has 0 aliphatic rings. The predicted octanol–water partition coefficient (Wildman–Crippen LogP) is 5.55. The van der Waals surface area contributed by atoms with E-state index in [9.17, 15) is 22.0 Å². The number of hydrogen-bond donors (Lipinski definition) is 0. The molecular weight excluding hydrogens is 375 g/mol. The van der Waals surface area contributed by atoms with Gasteiger partial charge in [-0.25, -0.2) is 8.78 Å². The Balaban J connectivity index is 2.38. The van der Waals surface area contributed by atoms with Crippen LogP contribution in [0.3, 0.4) is 0 Å². The fourth-order valence-corrected chi connectivity index (χ4v) is 2.05. The van der Waals surface area contributed by atoms with Gasteiger partial charge in [-0.05, 0) is 40.2 Å². The molecule has 2 aromatic carbocycles. The number of benzene rings is 2. The summed E-state index contributed by atoms with van der Waals surface area (Å²) < 4.78 is 75.3. The van der Waals surface area contributed by atoms with Crippen LogP contribution in [-0.4, -0.2) is 7.11 Å². The Morgan fingerprint density at radius 1 is 1.00 bits per heavy atom. The van der Waals surface area contributed by atoms with Crippen molar-refractivity contribution in [1.82, 2.24) is 0 Å². The van der Waals surface area contributed by atoms with E-state index >= 15 is 0 Å². The molecule has 0 unspecified atom stereocenters. The summed E-state index contributed by atoms with van der Waals surface area (Å²) in [5, 5.41) is 0. The minimum atomic E-state index is -4.85. The van der Waals surface area contributed by atoms with Gasteiger partial charge in [0.15, 0.2) is 17.4 Å². The maximum absolute atomic E-state index is 13.7. The molecule has 118 valence electrons. The fraction of sp³-hybridized carbons (Fsp3) is 0.143. The first kappa shape index (κ1) is 16.5. The van der Waals surface area contributed by atoms with E-state index in [1.54, 1.807) is 0 Å². The van der Waals surface area contributed by atoms with Crippen LogP contribution in [0.5, 0.6) is 17.2 Å². The molecule has 0 radical (unpaired) electrons. The van der Waals surface area contributed by atoms with Gasteiger partial charge in [0.25, 0.3) is 0 Å². The topological polar surface area (TPSA) is 18.5 Å². The highest BCUT2D eigenvalue weighted by atomic mass is 79.9. The third kappa shape index (κ3) is 3.49. The molecule has 0 aliphatic heterocycles. The van der Waals surface area contributed by atoms with E-state index in [1.165, 1.54) is 25.3 Å². The molecule has 0 atom stereocenters. The van der Waals surface area contributed by atoms with Crippen molar-refractivity contribution >= 4 is 15.9 Å². The molecule has 22 heavy (non-hydrogen) atoms. The zero-order valence-electron chi connectivity index (χ0n) is 11.0. The second-order valence-electron chi connectivity index (χ2n) is 4.17. The summed E-state index contributed by atoms with van der Waals surface area (Å²) in [7, 11) is 1.38. The highest BCUT2D eigenvalue weighted by Gasteiger charge is 2.33. The van der Waals surface area contributed by atoms with E-state index in [0.717, 1.165) is 0 Å². The molecule has 0 bridgehead atoms. The lowest BCUT2D eigenvalue weighted by molar-refractivity contribution is -0.138. The minimum absolute atomic E-state index is 0.0117. The van der Waals surface area contributed by atoms with Crippen LogP contribution in [0.4, 0.5) is 22.0 Å². The minimum Gasteiger partial charge on any atom is -0.495 e. The maximum Gasteiger partial charge on any atom is 0.416 e. The Kier molecular flexibility index (Phi) is 4.60. The van der Waals surface area contributed by atoms with Crippen molar-refractivity contribution in [3.63, 3.8) is 0 Å². The Labute approximate surface area is 130 Å². The number of rotatable bonds is 3. The predicted molar refractivity (Wildman–Crippen MR) is 72.1 cm³/mol. The summed E-state index contributed by atoms with van der Waals surface area (Å²) in [6.45, 7) is 0. The molecule has 0 amide bonds. The van der Waals surface area contributed by atoms with Crippen LogP contribution in [0.25, 0.3) is 0 Å². The lowest BCUT2D eigenvalue weighted by Crippen LogP contribution is -2.07. The lowest BCUT2D eigenvalue weighted by atomic mass is 10.2. The Bertz CT molecular complexity index is 677. The fourth-order valence-electron chi connectivity index (χ4n) is 1.64. The van der Waals surface area contributed by atoms with Gasteiger partial charge in [0, 0.05) is 6.07 Å². The third-order valence-electron chi connectivity index (χ3n) is 2.67. The highest BCUT2D eigenvalue weighted by molar-refractivity contribution is 9.10. The van der Waals surface area contributed by atoms with Crippen LogP contribution in [0.2, 0.25) is 0 Å². The molecule has 8 heteroatoms. The molecular formula is C14H8BrF5O2. The number of ether oxygens (including phenoxy) is 2. The zero-order valence-corrected chi connectivity index (χ0v) is 12.6.